The number of benzene rings is 2. The van der Waals surface area contributed by atoms with Crippen molar-refractivity contribution in [2.75, 3.05) is 13.1 Å². The topological polar surface area (TPSA) is 49.0 Å². The van der Waals surface area contributed by atoms with Gasteiger partial charge in [-0.1, -0.05) is 42.5 Å². The molecule has 1 atom stereocenters. The third-order valence-corrected chi connectivity index (χ3v) is 5.59. The van der Waals surface area contributed by atoms with Gasteiger partial charge in [-0.15, -0.1) is 0 Å². The van der Waals surface area contributed by atoms with E-state index in [4.69, 9.17) is 4.98 Å². The first-order valence-corrected chi connectivity index (χ1v) is 9.47. The van der Waals surface area contributed by atoms with Crippen molar-refractivity contribution in [1.29, 1.82) is 0 Å². The molecule has 1 N–H and O–H groups in total. The molecule has 3 aromatic rings. The molecule has 4 rings (SSSR count). The molecule has 134 valence electrons. The van der Waals surface area contributed by atoms with Gasteiger partial charge in [0.05, 0.1) is 16.9 Å². The molecular weight excluding hydrogens is 322 g/mol. The number of nitrogens with zero attached hydrogens (tertiary/aromatic N) is 2. The summed E-state index contributed by atoms with van der Waals surface area (Å²) in [7, 11) is 0. The van der Waals surface area contributed by atoms with E-state index in [2.05, 4.69) is 47.1 Å². The molecule has 1 unspecified atom stereocenters. The van der Waals surface area contributed by atoms with E-state index < -0.39 is 0 Å². The number of nitrogens with one attached hydrogen (secondary N) is 1. The van der Waals surface area contributed by atoms with Gasteiger partial charge in [-0.2, -0.15) is 0 Å². The van der Waals surface area contributed by atoms with Crippen molar-refractivity contribution in [3.8, 4) is 0 Å². The van der Waals surface area contributed by atoms with Gasteiger partial charge in [-0.3, -0.25) is 9.69 Å². The van der Waals surface area contributed by atoms with E-state index in [9.17, 15) is 4.79 Å². The summed E-state index contributed by atoms with van der Waals surface area (Å²) in [6.07, 6.45) is 3.54. The fourth-order valence-corrected chi connectivity index (χ4v) is 3.97. The van der Waals surface area contributed by atoms with Gasteiger partial charge in [-0.05, 0) is 62.9 Å². The monoisotopic (exact) mass is 347 g/mol. The maximum absolute atomic E-state index is 12.3. The molecule has 2 aromatic carbocycles. The smallest absolute Gasteiger partial charge is 0.258 e. The summed E-state index contributed by atoms with van der Waals surface area (Å²) < 4.78 is 0. The van der Waals surface area contributed by atoms with Crippen LogP contribution in [0.2, 0.25) is 0 Å². The standard InChI is InChI=1S/C22H25N3O/c1-16(21-23-20-10-6-5-9-19(20)22(26)24-21)25-13-11-18(12-14-25)15-17-7-3-2-4-8-17/h2-10,16,18H,11-15H2,1H3,(H,23,24,26). The zero-order valence-corrected chi connectivity index (χ0v) is 15.2. The van der Waals surface area contributed by atoms with E-state index in [1.54, 1.807) is 0 Å². The highest BCUT2D eigenvalue weighted by atomic mass is 16.1. The van der Waals surface area contributed by atoms with Crippen molar-refractivity contribution in [1.82, 2.24) is 14.9 Å². The largest absolute Gasteiger partial charge is 0.309 e. The molecule has 0 aliphatic carbocycles. The van der Waals surface area contributed by atoms with Crippen LogP contribution in [0.5, 0.6) is 0 Å². The fraction of sp³-hybridized carbons (Fsp3) is 0.364. The Morgan fingerprint density at radius 3 is 2.54 bits per heavy atom. The number of H-pyrrole nitrogens is 1. The zero-order chi connectivity index (χ0) is 17.9. The average Bonchev–Trinajstić information content (AvgIpc) is 2.69. The zero-order valence-electron chi connectivity index (χ0n) is 15.2. The Morgan fingerprint density at radius 1 is 1.08 bits per heavy atom. The van der Waals surface area contributed by atoms with E-state index in [0.29, 0.717) is 5.39 Å². The minimum absolute atomic E-state index is 0.0450. The molecule has 2 heterocycles. The lowest BCUT2D eigenvalue weighted by Crippen LogP contribution is -2.37. The molecule has 26 heavy (non-hydrogen) atoms. The second-order valence-corrected chi connectivity index (χ2v) is 7.31. The third-order valence-electron chi connectivity index (χ3n) is 5.59. The second-order valence-electron chi connectivity index (χ2n) is 7.31. The summed E-state index contributed by atoms with van der Waals surface area (Å²) in [5.74, 6) is 1.51. The van der Waals surface area contributed by atoms with E-state index in [0.717, 1.165) is 36.8 Å². The van der Waals surface area contributed by atoms with Crippen LogP contribution in [0, 0.1) is 5.92 Å². The van der Waals surface area contributed by atoms with E-state index in [1.165, 1.54) is 18.4 Å². The Labute approximate surface area is 153 Å². The molecule has 1 aliphatic heterocycles. The van der Waals surface area contributed by atoms with Gasteiger partial charge in [0.1, 0.15) is 5.82 Å². The number of para-hydroxylation sites is 1. The number of aromatic amines is 1. The van der Waals surface area contributed by atoms with Crippen molar-refractivity contribution >= 4 is 10.9 Å². The van der Waals surface area contributed by atoms with E-state index >= 15 is 0 Å². The number of hydrogen-bond acceptors (Lipinski definition) is 3. The molecule has 0 saturated carbocycles. The quantitative estimate of drug-likeness (QED) is 0.778. The molecule has 1 aromatic heterocycles. The second kappa shape index (κ2) is 7.42. The summed E-state index contributed by atoms with van der Waals surface area (Å²) >= 11 is 0. The van der Waals surface area contributed by atoms with Crippen molar-refractivity contribution < 1.29 is 0 Å². The number of rotatable bonds is 4. The average molecular weight is 347 g/mol. The van der Waals surface area contributed by atoms with E-state index in [-0.39, 0.29) is 11.6 Å². The summed E-state index contributed by atoms with van der Waals surface area (Å²) in [5, 5.41) is 0.657. The highest BCUT2D eigenvalue weighted by Gasteiger charge is 2.25. The molecular formula is C22H25N3O. The molecule has 4 nitrogen and oxygen atoms in total. The first kappa shape index (κ1) is 17.0. The lowest BCUT2D eigenvalue weighted by molar-refractivity contribution is 0.136. The van der Waals surface area contributed by atoms with Crippen LogP contribution in [0.25, 0.3) is 10.9 Å². The summed E-state index contributed by atoms with van der Waals surface area (Å²) in [5.41, 5.74) is 2.16. The van der Waals surface area contributed by atoms with Gasteiger partial charge in [0, 0.05) is 0 Å². The van der Waals surface area contributed by atoms with Gasteiger partial charge >= 0.3 is 0 Å². The van der Waals surface area contributed by atoms with Gasteiger partial charge < -0.3 is 4.98 Å². The number of piperidine rings is 1. The Bertz CT molecular complexity index is 927. The first-order valence-electron chi connectivity index (χ1n) is 9.47. The maximum atomic E-state index is 12.3. The maximum Gasteiger partial charge on any atom is 0.258 e. The normalized spacial score (nSPS) is 17.4. The van der Waals surface area contributed by atoms with Crippen molar-refractivity contribution in [3.63, 3.8) is 0 Å². The summed E-state index contributed by atoms with van der Waals surface area (Å²) in [4.78, 5) is 22.5. The predicted molar refractivity (Wildman–Crippen MR) is 105 cm³/mol. The van der Waals surface area contributed by atoms with E-state index in [1.807, 2.05) is 24.3 Å². The summed E-state index contributed by atoms with van der Waals surface area (Å²) in [6.45, 7) is 4.25. The van der Waals surface area contributed by atoms with Crippen LogP contribution in [0.4, 0.5) is 0 Å². The lowest BCUT2D eigenvalue weighted by atomic mass is 9.89. The van der Waals surface area contributed by atoms with Crippen molar-refractivity contribution in [2.24, 2.45) is 5.92 Å². The van der Waals surface area contributed by atoms with Crippen LogP contribution in [0.15, 0.2) is 59.4 Å². The number of likely N-dealkylation sites (tertiary alicyclic amines) is 1. The van der Waals surface area contributed by atoms with Crippen LogP contribution < -0.4 is 5.56 Å². The van der Waals surface area contributed by atoms with Gasteiger partial charge in [0.2, 0.25) is 0 Å². The predicted octanol–water partition coefficient (Wildman–Crippen LogP) is 3.94. The fourth-order valence-electron chi connectivity index (χ4n) is 3.97. The molecule has 1 saturated heterocycles. The van der Waals surface area contributed by atoms with Crippen LogP contribution in [-0.2, 0) is 6.42 Å². The number of hydrogen-bond donors (Lipinski definition) is 1. The highest BCUT2D eigenvalue weighted by Crippen LogP contribution is 2.27. The SMILES string of the molecule is CC(c1nc2ccccc2c(=O)[nH]1)N1CCC(Cc2ccccc2)CC1. The molecule has 0 amide bonds. The summed E-state index contributed by atoms with van der Waals surface area (Å²) in [6, 6.07) is 18.4. The van der Waals surface area contributed by atoms with Crippen LogP contribution in [-0.4, -0.2) is 28.0 Å². The van der Waals surface area contributed by atoms with Gasteiger partial charge in [0.15, 0.2) is 0 Å². The molecule has 4 heteroatoms. The third kappa shape index (κ3) is 3.56. The molecule has 1 fully saturated rings. The lowest BCUT2D eigenvalue weighted by Gasteiger charge is -2.35. The number of aromatic nitrogens is 2. The minimum atomic E-state index is -0.0450. The van der Waals surface area contributed by atoms with Gasteiger partial charge in [0.25, 0.3) is 5.56 Å². The van der Waals surface area contributed by atoms with Crippen LogP contribution in [0.3, 0.4) is 0 Å². The van der Waals surface area contributed by atoms with Crippen molar-refractivity contribution in [2.45, 2.75) is 32.2 Å². The Morgan fingerprint density at radius 2 is 1.77 bits per heavy atom. The van der Waals surface area contributed by atoms with Gasteiger partial charge in [-0.25, -0.2) is 4.98 Å². The number of fused-ring (bicyclic) bond motifs is 1. The van der Waals surface area contributed by atoms with Crippen molar-refractivity contribution in [3.05, 3.63) is 76.3 Å². The molecule has 0 spiro atoms. The molecule has 0 bridgehead atoms. The van der Waals surface area contributed by atoms with Crippen LogP contribution >= 0.6 is 0 Å². The van der Waals surface area contributed by atoms with Crippen LogP contribution in [0.1, 0.15) is 37.2 Å². The molecule has 0 radical (unpaired) electrons. The Hall–Kier alpha value is -2.46. The Kier molecular flexibility index (Phi) is 4.85. The Balaban J connectivity index is 1.43. The molecule has 1 aliphatic rings. The first-order chi connectivity index (χ1) is 12.7. The minimum Gasteiger partial charge on any atom is -0.309 e. The highest BCUT2D eigenvalue weighted by molar-refractivity contribution is 5.77.